The van der Waals surface area contributed by atoms with Crippen molar-refractivity contribution in [3.05, 3.63) is 71.5 Å². The molecule has 2 aromatic carbocycles. The second-order valence-electron chi connectivity index (χ2n) is 6.02. The van der Waals surface area contributed by atoms with Crippen LogP contribution in [0.1, 0.15) is 17.5 Å². The summed E-state index contributed by atoms with van der Waals surface area (Å²) < 4.78 is 12.9. The van der Waals surface area contributed by atoms with Crippen molar-refractivity contribution < 1.29 is 19.4 Å². The van der Waals surface area contributed by atoms with Crippen molar-refractivity contribution in [2.24, 2.45) is 11.7 Å². The van der Waals surface area contributed by atoms with Crippen molar-refractivity contribution in [2.45, 2.75) is 31.4 Å². The number of rotatable bonds is 8. The Hall–Kier alpha value is -2.24. The molecule has 0 fully saturated rings. The number of hydrogen-bond acceptors (Lipinski definition) is 3. The summed E-state index contributed by atoms with van der Waals surface area (Å²) >= 11 is 0. The van der Waals surface area contributed by atoms with E-state index >= 15 is 0 Å². The van der Waals surface area contributed by atoms with Crippen molar-refractivity contribution in [3.63, 3.8) is 0 Å². The van der Waals surface area contributed by atoms with Crippen molar-refractivity contribution in [3.8, 4) is 0 Å². The van der Waals surface area contributed by atoms with E-state index in [0.717, 1.165) is 11.1 Å². The maximum atomic E-state index is 12.9. The fraction of sp³-hybridized carbons (Fsp3) is 0.316. The molecule has 2 aromatic rings. The summed E-state index contributed by atoms with van der Waals surface area (Å²) in [6.07, 6.45) is -0.165. The Morgan fingerprint density at radius 2 is 1.58 bits per heavy atom. The third kappa shape index (κ3) is 5.44. The summed E-state index contributed by atoms with van der Waals surface area (Å²) in [5, 5.41) is 19.7. The van der Waals surface area contributed by atoms with Crippen LogP contribution < -0.4 is 5.73 Å². The maximum Gasteiger partial charge on any atom is 0.306 e. The first-order valence-electron chi connectivity index (χ1n) is 7.90. The molecule has 0 radical (unpaired) electrons. The van der Waals surface area contributed by atoms with Gasteiger partial charge in [-0.1, -0.05) is 42.5 Å². The predicted molar refractivity (Wildman–Crippen MR) is 90.0 cm³/mol. The number of aliphatic carboxylic acids is 1. The van der Waals surface area contributed by atoms with E-state index in [9.17, 15) is 19.4 Å². The van der Waals surface area contributed by atoms with Crippen molar-refractivity contribution in [1.29, 1.82) is 0 Å². The smallest absolute Gasteiger partial charge is 0.306 e. The van der Waals surface area contributed by atoms with Gasteiger partial charge < -0.3 is 15.9 Å². The second kappa shape index (κ2) is 8.57. The van der Waals surface area contributed by atoms with E-state index in [1.54, 1.807) is 12.1 Å². The van der Waals surface area contributed by atoms with Gasteiger partial charge in [0, 0.05) is 6.04 Å². The summed E-state index contributed by atoms with van der Waals surface area (Å²) in [5.74, 6) is -1.99. The van der Waals surface area contributed by atoms with E-state index in [-0.39, 0.29) is 12.2 Å². The minimum Gasteiger partial charge on any atom is -0.481 e. The van der Waals surface area contributed by atoms with E-state index in [4.69, 9.17) is 5.73 Å². The number of carbonyl (C=O) groups is 1. The molecule has 0 aliphatic rings. The van der Waals surface area contributed by atoms with Crippen LogP contribution in [0.15, 0.2) is 54.6 Å². The fourth-order valence-electron chi connectivity index (χ4n) is 2.67. The Balaban J connectivity index is 1.95. The molecule has 4 nitrogen and oxygen atoms in total. The second-order valence-corrected chi connectivity index (χ2v) is 6.02. The van der Waals surface area contributed by atoms with Gasteiger partial charge in [0.25, 0.3) is 0 Å². The number of hydrogen-bond donors (Lipinski definition) is 3. The summed E-state index contributed by atoms with van der Waals surface area (Å²) in [6, 6.07) is 14.6. The highest BCUT2D eigenvalue weighted by Gasteiger charge is 2.25. The van der Waals surface area contributed by atoms with Gasteiger partial charge in [0.15, 0.2) is 0 Å². The quantitative estimate of drug-likeness (QED) is 0.693. The van der Waals surface area contributed by atoms with Gasteiger partial charge >= 0.3 is 5.97 Å². The number of nitrogens with two attached hydrogens (primary N) is 1. The molecule has 3 atom stereocenters. The standard InChI is InChI=1S/C19H22FNO3/c20-16-8-6-14(7-9-16)11-17(21)18(22)12-15(19(23)24)10-13-4-2-1-3-5-13/h1-9,15,17-18,22H,10-12,21H2,(H,23,24)/t15-,17+,18+/m1/s1. The third-order valence-corrected chi connectivity index (χ3v) is 4.08. The van der Waals surface area contributed by atoms with E-state index in [1.807, 2.05) is 30.3 Å². The molecule has 5 heteroatoms. The van der Waals surface area contributed by atoms with Crippen LogP contribution in [0.25, 0.3) is 0 Å². The molecular formula is C19H22FNO3. The number of carboxylic acids is 1. The van der Waals surface area contributed by atoms with Gasteiger partial charge in [-0.25, -0.2) is 4.39 Å². The number of aliphatic hydroxyl groups excluding tert-OH is 1. The van der Waals surface area contributed by atoms with Crippen molar-refractivity contribution in [1.82, 2.24) is 0 Å². The first kappa shape index (κ1) is 18.1. The summed E-state index contributed by atoms with van der Waals surface area (Å²) in [5.41, 5.74) is 7.70. The Morgan fingerprint density at radius 1 is 1.00 bits per heavy atom. The van der Waals surface area contributed by atoms with Gasteiger partial charge in [0.05, 0.1) is 12.0 Å². The third-order valence-electron chi connectivity index (χ3n) is 4.08. The average Bonchev–Trinajstić information content (AvgIpc) is 2.57. The number of carboxylic acid groups (broad SMARTS) is 1. The van der Waals surface area contributed by atoms with Crippen LogP contribution in [-0.2, 0) is 17.6 Å². The van der Waals surface area contributed by atoms with E-state index in [1.165, 1.54) is 12.1 Å². The SMILES string of the molecule is N[C@@H](Cc1ccc(F)cc1)[C@@H](O)C[C@@H](Cc1ccccc1)C(=O)O. The minimum atomic E-state index is -0.952. The predicted octanol–water partition coefficient (Wildman–Crippen LogP) is 2.39. The molecule has 0 saturated carbocycles. The fourth-order valence-corrected chi connectivity index (χ4v) is 2.67. The Labute approximate surface area is 140 Å². The van der Waals surface area contributed by atoms with E-state index in [2.05, 4.69) is 0 Å². The zero-order valence-electron chi connectivity index (χ0n) is 13.3. The number of aliphatic hydroxyl groups is 1. The van der Waals surface area contributed by atoms with Crippen LogP contribution in [0.3, 0.4) is 0 Å². The van der Waals surface area contributed by atoms with Crippen molar-refractivity contribution in [2.75, 3.05) is 0 Å². The highest BCUT2D eigenvalue weighted by atomic mass is 19.1. The highest BCUT2D eigenvalue weighted by Crippen LogP contribution is 2.17. The van der Waals surface area contributed by atoms with Crippen LogP contribution in [0, 0.1) is 11.7 Å². The van der Waals surface area contributed by atoms with Crippen LogP contribution >= 0.6 is 0 Å². The molecule has 2 rings (SSSR count). The lowest BCUT2D eigenvalue weighted by Crippen LogP contribution is -2.39. The van der Waals surface area contributed by atoms with Crippen LogP contribution in [0.5, 0.6) is 0 Å². The van der Waals surface area contributed by atoms with Gasteiger partial charge in [-0.2, -0.15) is 0 Å². The van der Waals surface area contributed by atoms with Gasteiger partial charge in [-0.05, 0) is 42.5 Å². The minimum absolute atomic E-state index is 0.0760. The van der Waals surface area contributed by atoms with Crippen LogP contribution in [0.4, 0.5) is 4.39 Å². The summed E-state index contributed by atoms with van der Waals surface area (Å²) in [6.45, 7) is 0. The Bertz CT molecular complexity index is 645. The first-order valence-corrected chi connectivity index (χ1v) is 7.90. The van der Waals surface area contributed by atoms with Gasteiger partial charge in [0.1, 0.15) is 5.82 Å². The lowest BCUT2D eigenvalue weighted by atomic mass is 9.90. The molecule has 0 spiro atoms. The lowest BCUT2D eigenvalue weighted by Gasteiger charge is -2.22. The molecule has 0 amide bonds. The molecule has 0 aliphatic carbocycles. The van der Waals surface area contributed by atoms with Crippen LogP contribution in [0.2, 0.25) is 0 Å². The van der Waals surface area contributed by atoms with Gasteiger partial charge in [-0.3, -0.25) is 4.79 Å². The zero-order chi connectivity index (χ0) is 17.5. The molecule has 128 valence electrons. The summed E-state index contributed by atoms with van der Waals surface area (Å²) in [7, 11) is 0. The molecule has 0 unspecified atom stereocenters. The van der Waals surface area contributed by atoms with E-state index < -0.39 is 24.0 Å². The molecule has 0 heterocycles. The van der Waals surface area contributed by atoms with E-state index in [0.29, 0.717) is 12.8 Å². The molecule has 0 saturated heterocycles. The molecule has 0 aliphatic heterocycles. The molecule has 24 heavy (non-hydrogen) atoms. The summed E-state index contributed by atoms with van der Waals surface area (Å²) in [4.78, 5) is 11.5. The topological polar surface area (TPSA) is 83.5 Å². The Morgan fingerprint density at radius 3 is 2.17 bits per heavy atom. The zero-order valence-corrected chi connectivity index (χ0v) is 13.3. The van der Waals surface area contributed by atoms with Crippen molar-refractivity contribution >= 4 is 5.97 Å². The molecule has 0 bridgehead atoms. The van der Waals surface area contributed by atoms with Gasteiger partial charge in [-0.15, -0.1) is 0 Å². The average molecular weight is 331 g/mol. The molecule has 4 N–H and O–H groups in total. The largest absolute Gasteiger partial charge is 0.481 e. The lowest BCUT2D eigenvalue weighted by molar-refractivity contribution is -0.142. The van der Waals surface area contributed by atoms with Gasteiger partial charge in [0.2, 0.25) is 0 Å². The van der Waals surface area contributed by atoms with Crippen LogP contribution in [-0.4, -0.2) is 28.3 Å². The molecule has 0 aromatic heterocycles. The Kier molecular flexibility index (Phi) is 6.46. The highest BCUT2D eigenvalue weighted by molar-refractivity contribution is 5.70. The maximum absolute atomic E-state index is 12.9. The number of halogens is 1. The number of benzene rings is 2. The normalized spacial score (nSPS) is 14.8. The molecular weight excluding hydrogens is 309 g/mol. The first-order chi connectivity index (χ1) is 11.5. The monoisotopic (exact) mass is 331 g/mol.